The minimum absolute atomic E-state index is 1.67. The Morgan fingerprint density at radius 2 is 1.62 bits per heavy atom. The van der Waals surface area contributed by atoms with Crippen LogP contribution in [0.4, 0.5) is 0 Å². The van der Waals surface area contributed by atoms with Crippen LogP contribution >= 0.6 is 11.8 Å². The van der Waals surface area contributed by atoms with Crippen molar-refractivity contribution in [2.75, 3.05) is 0 Å². The molecule has 0 bridgehead atoms. The molecule has 1 nitrogen and oxygen atoms in total. The third-order valence-electron chi connectivity index (χ3n) is 0.486. The number of rotatable bonds is 0. The Hall–Kier alpha value is -0.370. The lowest BCUT2D eigenvalue weighted by Crippen LogP contribution is -1.91. The summed E-state index contributed by atoms with van der Waals surface area (Å²) < 4.78 is 0. The van der Waals surface area contributed by atoms with Gasteiger partial charge in [-0.2, -0.15) is 0 Å². The average molecular weight is 129 g/mol. The Bertz CT molecular complexity index is 66.5. The molecule has 1 aliphatic rings. The van der Waals surface area contributed by atoms with E-state index in [1.54, 1.807) is 11.8 Å². The highest BCUT2D eigenvalue weighted by Gasteiger charge is 1.73. The molecule has 1 rings (SSSR count). The lowest BCUT2D eigenvalue weighted by molar-refractivity contribution is 1.20. The number of hydrogen-bond donors (Lipinski definition) is 1. The summed E-state index contributed by atoms with van der Waals surface area (Å²) >= 11 is 1.67. The van der Waals surface area contributed by atoms with Crippen LogP contribution in [-0.4, -0.2) is 0 Å². The summed E-state index contributed by atoms with van der Waals surface area (Å²) in [6, 6.07) is 0. The first-order chi connectivity index (χ1) is 4.00. The summed E-state index contributed by atoms with van der Waals surface area (Å²) in [5, 5.41) is 6.88. The lowest BCUT2D eigenvalue weighted by Gasteiger charge is -1.91. The molecule has 1 aliphatic heterocycles. The predicted molar refractivity (Wildman–Crippen MR) is 40.4 cm³/mol. The number of hydrogen-bond acceptors (Lipinski definition) is 2. The monoisotopic (exact) mass is 129 g/mol. The Labute approximate surface area is 54.9 Å². The van der Waals surface area contributed by atoms with Gasteiger partial charge in [-0.25, -0.2) is 0 Å². The van der Waals surface area contributed by atoms with Crippen molar-refractivity contribution >= 4 is 11.8 Å². The summed E-state index contributed by atoms with van der Waals surface area (Å²) in [6.07, 6.45) is 3.79. The van der Waals surface area contributed by atoms with E-state index >= 15 is 0 Å². The van der Waals surface area contributed by atoms with Crippen LogP contribution in [-0.2, 0) is 0 Å². The minimum atomic E-state index is 1.67. The van der Waals surface area contributed by atoms with E-state index in [4.69, 9.17) is 0 Å². The van der Waals surface area contributed by atoms with Crippen molar-refractivity contribution in [1.29, 1.82) is 0 Å². The molecule has 1 N–H and O–H groups in total. The van der Waals surface area contributed by atoms with Crippen molar-refractivity contribution < 1.29 is 0 Å². The Kier molecular flexibility index (Phi) is 6.32. The molecule has 0 radical (unpaired) electrons. The maximum Gasteiger partial charge on any atom is 0.00715 e. The van der Waals surface area contributed by atoms with E-state index in [-0.39, 0.29) is 0 Å². The molecule has 0 aromatic heterocycles. The Morgan fingerprint density at radius 1 is 1.12 bits per heavy atom. The molecular weight excluding hydrogens is 118 g/mol. The van der Waals surface area contributed by atoms with E-state index in [0.29, 0.717) is 0 Å². The zero-order valence-corrected chi connectivity index (χ0v) is 6.03. The maximum absolute atomic E-state index is 2.90. The van der Waals surface area contributed by atoms with Gasteiger partial charge in [0.1, 0.15) is 0 Å². The lowest BCUT2D eigenvalue weighted by atomic mass is 10.9. The van der Waals surface area contributed by atoms with Crippen LogP contribution in [0.2, 0.25) is 0 Å². The Balaban J connectivity index is 0.000000222. The second kappa shape index (κ2) is 6.63. The molecule has 0 saturated heterocycles. The average Bonchev–Trinajstić information content (AvgIpc) is 1.96. The van der Waals surface area contributed by atoms with Gasteiger partial charge in [0.25, 0.3) is 0 Å². The molecular formula is C6H11NS. The van der Waals surface area contributed by atoms with Gasteiger partial charge in [-0.15, -0.1) is 11.8 Å². The van der Waals surface area contributed by atoms with Crippen LogP contribution in [0.3, 0.4) is 0 Å². The van der Waals surface area contributed by atoms with E-state index < -0.39 is 0 Å². The van der Waals surface area contributed by atoms with Gasteiger partial charge < -0.3 is 5.32 Å². The van der Waals surface area contributed by atoms with E-state index in [2.05, 4.69) is 5.32 Å². The number of nitrogens with one attached hydrogen (secondary N) is 1. The predicted octanol–water partition coefficient (Wildman–Crippen LogP) is 2.29. The van der Waals surface area contributed by atoms with E-state index in [1.807, 2.05) is 37.1 Å². The molecule has 0 spiro atoms. The van der Waals surface area contributed by atoms with Crippen molar-refractivity contribution in [3.05, 3.63) is 23.2 Å². The van der Waals surface area contributed by atoms with Crippen molar-refractivity contribution in [1.82, 2.24) is 5.32 Å². The molecule has 0 unspecified atom stereocenters. The molecule has 2 heteroatoms. The van der Waals surface area contributed by atoms with Crippen LogP contribution in [0.25, 0.3) is 0 Å². The van der Waals surface area contributed by atoms with Gasteiger partial charge in [-0.3, -0.25) is 0 Å². The summed E-state index contributed by atoms with van der Waals surface area (Å²) in [5.74, 6) is 0. The SMILES string of the molecule is C1=CSC=CN1.CC. The van der Waals surface area contributed by atoms with Gasteiger partial charge >= 0.3 is 0 Å². The summed E-state index contributed by atoms with van der Waals surface area (Å²) in [4.78, 5) is 0. The van der Waals surface area contributed by atoms with Gasteiger partial charge in [0.2, 0.25) is 0 Å². The molecule has 0 aromatic carbocycles. The molecule has 0 aromatic rings. The van der Waals surface area contributed by atoms with Gasteiger partial charge in [-0.05, 0) is 10.8 Å². The molecule has 0 aliphatic carbocycles. The molecule has 0 fully saturated rings. The standard InChI is InChI=1S/C4H5NS.C2H6/c1-3-6-4-2-5-1;1-2/h1-5H;1-2H3. The van der Waals surface area contributed by atoms with Crippen molar-refractivity contribution in [2.45, 2.75) is 13.8 Å². The molecule has 46 valence electrons. The fraction of sp³-hybridized carbons (Fsp3) is 0.333. The Morgan fingerprint density at radius 3 is 1.75 bits per heavy atom. The van der Waals surface area contributed by atoms with E-state index in [0.717, 1.165) is 0 Å². The fourth-order valence-electron chi connectivity index (χ4n) is 0.258. The number of thioether (sulfide) groups is 1. The van der Waals surface area contributed by atoms with Crippen molar-refractivity contribution in [3.63, 3.8) is 0 Å². The summed E-state index contributed by atoms with van der Waals surface area (Å²) in [5.41, 5.74) is 0. The van der Waals surface area contributed by atoms with Gasteiger partial charge in [0.05, 0.1) is 0 Å². The van der Waals surface area contributed by atoms with Gasteiger partial charge in [0, 0.05) is 12.4 Å². The second-order valence-electron chi connectivity index (χ2n) is 0.908. The molecule has 1 heterocycles. The largest absolute Gasteiger partial charge is 0.367 e. The molecule has 0 atom stereocenters. The zero-order valence-electron chi connectivity index (χ0n) is 5.22. The highest BCUT2D eigenvalue weighted by molar-refractivity contribution is 8.04. The van der Waals surface area contributed by atoms with Crippen LogP contribution in [0, 0.1) is 0 Å². The maximum atomic E-state index is 2.90. The fourth-order valence-corrected chi connectivity index (χ4v) is 0.663. The second-order valence-corrected chi connectivity index (χ2v) is 1.72. The van der Waals surface area contributed by atoms with Gasteiger partial charge in [0.15, 0.2) is 0 Å². The summed E-state index contributed by atoms with van der Waals surface area (Å²) in [7, 11) is 0. The first-order valence-electron chi connectivity index (χ1n) is 2.72. The first kappa shape index (κ1) is 7.63. The van der Waals surface area contributed by atoms with Crippen LogP contribution in [0.1, 0.15) is 13.8 Å². The van der Waals surface area contributed by atoms with Crippen LogP contribution in [0.5, 0.6) is 0 Å². The first-order valence-corrected chi connectivity index (χ1v) is 3.66. The third kappa shape index (κ3) is 3.81. The zero-order chi connectivity index (χ0) is 6.24. The van der Waals surface area contributed by atoms with Crippen molar-refractivity contribution in [2.24, 2.45) is 0 Å². The normalized spacial score (nSPS) is 13.8. The van der Waals surface area contributed by atoms with Crippen LogP contribution in [0.15, 0.2) is 23.2 Å². The quantitative estimate of drug-likeness (QED) is 0.538. The highest BCUT2D eigenvalue weighted by atomic mass is 32.2. The molecule has 8 heavy (non-hydrogen) atoms. The summed E-state index contributed by atoms with van der Waals surface area (Å²) in [6.45, 7) is 4.00. The van der Waals surface area contributed by atoms with E-state index in [9.17, 15) is 0 Å². The topological polar surface area (TPSA) is 12.0 Å². The molecule has 0 saturated carbocycles. The van der Waals surface area contributed by atoms with E-state index in [1.165, 1.54) is 0 Å². The minimum Gasteiger partial charge on any atom is -0.367 e. The van der Waals surface area contributed by atoms with Gasteiger partial charge in [-0.1, -0.05) is 13.8 Å². The molecule has 0 amide bonds. The smallest absolute Gasteiger partial charge is 0.00715 e. The van der Waals surface area contributed by atoms with Crippen molar-refractivity contribution in [3.8, 4) is 0 Å². The van der Waals surface area contributed by atoms with Crippen LogP contribution < -0.4 is 5.32 Å². The highest BCUT2D eigenvalue weighted by Crippen LogP contribution is 2.04. The third-order valence-corrected chi connectivity index (χ3v) is 1.07.